The molecule has 0 aliphatic carbocycles. The van der Waals surface area contributed by atoms with Gasteiger partial charge in [-0.05, 0) is 44.3 Å². The van der Waals surface area contributed by atoms with E-state index in [1.807, 2.05) is 26.0 Å². The van der Waals surface area contributed by atoms with Crippen LogP contribution in [0.2, 0.25) is 0 Å². The standard InChI is InChI=1S/C17H29N3O/c1-5-18-14(4)11-17(21)19-16-10-8-9-15(12-16)13-20(6-2)7-3/h8-10,12,14,18H,5-7,11,13H2,1-4H3,(H,19,21). The van der Waals surface area contributed by atoms with Crippen molar-refractivity contribution in [2.75, 3.05) is 25.0 Å². The normalized spacial score (nSPS) is 12.4. The maximum Gasteiger partial charge on any atom is 0.225 e. The highest BCUT2D eigenvalue weighted by Crippen LogP contribution is 2.13. The van der Waals surface area contributed by atoms with Crippen LogP contribution in [0, 0.1) is 0 Å². The fourth-order valence-corrected chi connectivity index (χ4v) is 2.36. The number of anilines is 1. The molecule has 21 heavy (non-hydrogen) atoms. The Kier molecular flexibility index (Phi) is 8.01. The maximum absolute atomic E-state index is 12.0. The van der Waals surface area contributed by atoms with E-state index in [9.17, 15) is 4.79 Å². The second-order valence-electron chi connectivity index (χ2n) is 5.37. The van der Waals surface area contributed by atoms with Crippen LogP contribution in [0.25, 0.3) is 0 Å². The third kappa shape index (κ3) is 6.74. The summed E-state index contributed by atoms with van der Waals surface area (Å²) < 4.78 is 0. The number of rotatable bonds is 9. The largest absolute Gasteiger partial charge is 0.326 e. The molecule has 1 rings (SSSR count). The lowest BCUT2D eigenvalue weighted by atomic mass is 10.1. The average Bonchev–Trinajstić information content (AvgIpc) is 2.45. The molecule has 1 aromatic rings. The van der Waals surface area contributed by atoms with Crippen molar-refractivity contribution in [3.8, 4) is 0 Å². The van der Waals surface area contributed by atoms with Gasteiger partial charge < -0.3 is 10.6 Å². The van der Waals surface area contributed by atoms with Crippen LogP contribution >= 0.6 is 0 Å². The van der Waals surface area contributed by atoms with Gasteiger partial charge in [-0.1, -0.05) is 32.9 Å². The van der Waals surface area contributed by atoms with Crippen molar-refractivity contribution in [2.24, 2.45) is 0 Å². The van der Waals surface area contributed by atoms with Crippen LogP contribution in [0.3, 0.4) is 0 Å². The van der Waals surface area contributed by atoms with Gasteiger partial charge in [0.1, 0.15) is 0 Å². The Bertz CT molecular complexity index is 430. The van der Waals surface area contributed by atoms with Crippen LogP contribution < -0.4 is 10.6 Å². The number of benzene rings is 1. The SMILES string of the molecule is CCNC(C)CC(=O)Nc1cccc(CN(CC)CC)c1. The molecule has 0 saturated carbocycles. The van der Waals surface area contributed by atoms with Gasteiger partial charge in [-0.2, -0.15) is 0 Å². The Balaban J connectivity index is 2.57. The minimum Gasteiger partial charge on any atom is -0.326 e. The Labute approximate surface area is 128 Å². The van der Waals surface area contributed by atoms with Crippen LogP contribution in [-0.4, -0.2) is 36.5 Å². The van der Waals surface area contributed by atoms with Crippen LogP contribution in [-0.2, 0) is 11.3 Å². The molecule has 0 spiro atoms. The number of carbonyl (C=O) groups excluding carboxylic acids is 1. The monoisotopic (exact) mass is 291 g/mol. The summed E-state index contributed by atoms with van der Waals surface area (Å²) in [5, 5.41) is 6.23. The van der Waals surface area contributed by atoms with Gasteiger partial charge >= 0.3 is 0 Å². The van der Waals surface area contributed by atoms with Gasteiger partial charge in [0.2, 0.25) is 5.91 Å². The first-order chi connectivity index (χ1) is 10.1. The molecule has 2 N–H and O–H groups in total. The minimum atomic E-state index is 0.0587. The molecule has 1 aromatic carbocycles. The van der Waals surface area contributed by atoms with Crippen molar-refractivity contribution in [3.05, 3.63) is 29.8 Å². The van der Waals surface area contributed by atoms with Crippen LogP contribution in [0.15, 0.2) is 24.3 Å². The molecule has 1 amide bonds. The van der Waals surface area contributed by atoms with E-state index < -0.39 is 0 Å². The van der Waals surface area contributed by atoms with Crippen LogP contribution in [0.4, 0.5) is 5.69 Å². The van der Waals surface area contributed by atoms with E-state index in [0.29, 0.717) is 6.42 Å². The lowest BCUT2D eigenvalue weighted by Gasteiger charge is -2.18. The van der Waals surface area contributed by atoms with E-state index in [1.165, 1.54) is 5.56 Å². The van der Waals surface area contributed by atoms with Gasteiger partial charge in [-0.15, -0.1) is 0 Å². The maximum atomic E-state index is 12.0. The fourth-order valence-electron chi connectivity index (χ4n) is 2.36. The van der Waals surface area contributed by atoms with Gasteiger partial charge in [0.05, 0.1) is 0 Å². The molecule has 0 aromatic heterocycles. The summed E-state index contributed by atoms with van der Waals surface area (Å²) in [4.78, 5) is 14.3. The predicted molar refractivity (Wildman–Crippen MR) is 89.5 cm³/mol. The molecule has 0 aliphatic rings. The molecular weight excluding hydrogens is 262 g/mol. The topological polar surface area (TPSA) is 44.4 Å². The van der Waals surface area contributed by atoms with Crippen molar-refractivity contribution in [1.29, 1.82) is 0 Å². The molecule has 118 valence electrons. The molecule has 4 nitrogen and oxygen atoms in total. The number of nitrogens with one attached hydrogen (secondary N) is 2. The van der Waals surface area contributed by atoms with E-state index in [4.69, 9.17) is 0 Å². The highest BCUT2D eigenvalue weighted by Gasteiger charge is 2.09. The van der Waals surface area contributed by atoms with Gasteiger partial charge in [-0.3, -0.25) is 9.69 Å². The highest BCUT2D eigenvalue weighted by atomic mass is 16.1. The van der Waals surface area contributed by atoms with Crippen molar-refractivity contribution in [3.63, 3.8) is 0 Å². The minimum absolute atomic E-state index is 0.0587. The quantitative estimate of drug-likeness (QED) is 0.735. The molecule has 4 heteroatoms. The van der Waals surface area contributed by atoms with Crippen molar-refractivity contribution < 1.29 is 4.79 Å². The van der Waals surface area contributed by atoms with Crippen molar-refractivity contribution in [2.45, 2.75) is 46.7 Å². The van der Waals surface area contributed by atoms with Gasteiger partial charge in [0.25, 0.3) is 0 Å². The van der Waals surface area contributed by atoms with E-state index in [1.54, 1.807) is 0 Å². The molecule has 1 atom stereocenters. The molecule has 0 aliphatic heterocycles. The summed E-state index contributed by atoms with van der Waals surface area (Å²) in [7, 11) is 0. The van der Waals surface area contributed by atoms with Crippen LogP contribution in [0.1, 0.15) is 39.7 Å². The Morgan fingerprint density at radius 3 is 2.57 bits per heavy atom. The van der Waals surface area contributed by atoms with E-state index >= 15 is 0 Å². The lowest BCUT2D eigenvalue weighted by Crippen LogP contribution is -2.30. The first-order valence-corrected chi connectivity index (χ1v) is 7.93. The number of nitrogens with zero attached hydrogens (tertiary/aromatic N) is 1. The lowest BCUT2D eigenvalue weighted by molar-refractivity contribution is -0.116. The first-order valence-electron chi connectivity index (χ1n) is 7.93. The molecule has 0 heterocycles. The Hall–Kier alpha value is -1.39. The summed E-state index contributed by atoms with van der Waals surface area (Å²) >= 11 is 0. The average molecular weight is 291 g/mol. The van der Waals surface area contributed by atoms with Crippen LogP contribution in [0.5, 0.6) is 0 Å². The number of amides is 1. The summed E-state index contributed by atoms with van der Waals surface area (Å²) in [6, 6.07) is 8.32. The van der Waals surface area contributed by atoms with Gasteiger partial charge in [-0.25, -0.2) is 0 Å². The molecule has 0 fully saturated rings. The van der Waals surface area contributed by atoms with Gasteiger partial charge in [0.15, 0.2) is 0 Å². The van der Waals surface area contributed by atoms with E-state index in [-0.39, 0.29) is 11.9 Å². The third-order valence-electron chi connectivity index (χ3n) is 3.56. The number of hydrogen-bond acceptors (Lipinski definition) is 3. The van der Waals surface area contributed by atoms with E-state index in [2.05, 4.69) is 41.5 Å². The summed E-state index contributed by atoms with van der Waals surface area (Å²) in [5.74, 6) is 0.0587. The second kappa shape index (κ2) is 9.53. The number of hydrogen-bond donors (Lipinski definition) is 2. The van der Waals surface area contributed by atoms with Gasteiger partial charge in [0, 0.05) is 24.7 Å². The highest BCUT2D eigenvalue weighted by molar-refractivity contribution is 5.91. The second-order valence-corrected chi connectivity index (χ2v) is 5.37. The number of carbonyl (C=O) groups is 1. The van der Waals surface area contributed by atoms with Crippen molar-refractivity contribution >= 4 is 11.6 Å². The van der Waals surface area contributed by atoms with E-state index in [0.717, 1.165) is 31.9 Å². The molecule has 0 saturated heterocycles. The molecule has 0 radical (unpaired) electrons. The predicted octanol–water partition coefficient (Wildman–Crippen LogP) is 2.86. The molecular formula is C17H29N3O. The first kappa shape index (κ1) is 17.7. The molecule has 0 bridgehead atoms. The fraction of sp³-hybridized carbons (Fsp3) is 0.588. The smallest absolute Gasteiger partial charge is 0.225 e. The zero-order valence-corrected chi connectivity index (χ0v) is 13.8. The van der Waals surface area contributed by atoms with Crippen molar-refractivity contribution in [1.82, 2.24) is 10.2 Å². The third-order valence-corrected chi connectivity index (χ3v) is 3.56. The summed E-state index contributed by atoms with van der Waals surface area (Å²) in [6.07, 6.45) is 0.494. The molecule has 1 unspecified atom stereocenters. The zero-order valence-electron chi connectivity index (χ0n) is 13.8. The summed E-state index contributed by atoms with van der Waals surface area (Å²) in [6.45, 7) is 12.3. The Morgan fingerprint density at radius 2 is 1.95 bits per heavy atom. The summed E-state index contributed by atoms with van der Waals surface area (Å²) in [5.41, 5.74) is 2.12. The zero-order chi connectivity index (χ0) is 15.7. The Morgan fingerprint density at radius 1 is 1.24 bits per heavy atom.